The standard InChI is InChI=1S/C14H18N2O.C13H18N2O3.2CH4.2H2S/c1-9-5-12(8-15)6-10(2)13(9)7-14(16-4)11(3)17;1-7-4-9(12(14)16)5-8(2)10(7)6-11(15-3)13(17)18;;;;/h5-6,14,16H,7H2,1-4H3;4-5,11,15H,6H2,1-3H3,(H2,14,16)(H,17,18);2*1H4;2*1H2/t14-;11-;;;;/m00..../s1. The maximum atomic E-state index is 11.4. The number of rotatable bonds is 9. The maximum absolute atomic E-state index is 11.4. The number of primary amides is 1. The first-order valence-corrected chi connectivity index (χ1v) is 11.3. The van der Waals surface area contributed by atoms with Gasteiger partial charge in [-0.2, -0.15) is 32.3 Å². The van der Waals surface area contributed by atoms with Crippen LogP contribution in [0, 0.1) is 39.0 Å². The third-order valence-electron chi connectivity index (χ3n) is 6.11. The zero-order valence-electron chi connectivity index (χ0n) is 22.6. The molecule has 0 fully saturated rings. The number of carboxylic acids is 1. The number of aliphatic carboxylic acids is 1. The molecule has 2 rings (SSSR count). The predicted octanol–water partition coefficient (Wildman–Crippen LogP) is 4.01. The minimum atomic E-state index is -0.893. The van der Waals surface area contributed by atoms with E-state index in [1.54, 1.807) is 33.2 Å². The zero-order chi connectivity index (χ0) is 26.9. The van der Waals surface area contributed by atoms with Crippen LogP contribution in [0.5, 0.6) is 0 Å². The van der Waals surface area contributed by atoms with Crippen LogP contribution in [0.4, 0.5) is 0 Å². The smallest absolute Gasteiger partial charge is 0.321 e. The van der Waals surface area contributed by atoms with Crippen molar-refractivity contribution < 1.29 is 19.5 Å². The van der Waals surface area contributed by atoms with E-state index in [-0.39, 0.29) is 53.7 Å². The van der Waals surface area contributed by atoms with E-state index in [0.717, 1.165) is 33.4 Å². The summed E-state index contributed by atoms with van der Waals surface area (Å²) >= 11 is 0. The van der Waals surface area contributed by atoms with Gasteiger partial charge >= 0.3 is 5.97 Å². The van der Waals surface area contributed by atoms with E-state index in [0.29, 0.717) is 24.0 Å². The Hall–Kier alpha value is -2.84. The molecule has 0 aromatic heterocycles. The number of ketones is 1. The van der Waals surface area contributed by atoms with Gasteiger partial charge < -0.3 is 21.5 Å². The highest BCUT2D eigenvalue weighted by Gasteiger charge is 2.19. The summed E-state index contributed by atoms with van der Waals surface area (Å²) in [4.78, 5) is 33.5. The van der Waals surface area contributed by atoms with Crippen LogP contribution < -0.4 is 16.4 Å². The van der Waals surface area contributed by atoms with E-state index in [1.165, 1.54) is 0 Å². The first-order chi connectivity index (χ1) is 16.4. The summed E-state index contributed by atoms with van der Waals surface area (Å²) in [5.74, 6) is -1.23. The summed E-state index contributed by atoms with van der Waals surface area (Å²) in [5, 5.41) is 23.7. The van der Waals surface area contributed by atoms with Crippen LogP contribution in [0.1, 0.15) is 71.1 Å². The molecule has 2 aromatic carbocycles. The number of hydrogen-bond donors (Lipinski definition) is 4. The van der Waals surface area contributed by atoms with Gasteiger partial charge in [-0.1, -0.05) is 14.9 Å². The lowest BCUT2D eigenvalue weighted by atomic mass is 9.93. The normalized spacial score (nSPS) is 10.8. The van der Waals surface area contributed by atoms with E-state index < -0.39 is 17.9 Å². The number of amides is 1. The minimum absolute atomic E-state index is 0. The Morgan fingerprint density at radius 2 is 1.21 bits per heavy atom. The van der Waals surface area contributed by atoms with Crippen molar-refractivity contribution in [2.24, 2.45) is 5.73 Å². The third kappa shape index (κ3) is 12.7. The van der Waals surface area contributed by atoms with Crippen molar-refractivity contribution in [2.45, 2.75) is 74.4 Å². The van der Waals surface area contributed by atoms with Gasteiger partial charge in [0.25, 0.3) is 0 Å². The van der Waals surface area contributed by atoms with E-state index in [4.69, 9.17) is 16.1 Å². The maximum Gasteiger partial charge on any atom is 0.321 e. The van der Waals surface area contributed by atoms with Gasteiger partial charge in [0.15, 0.2) is 0 Å². The molecule has 0 saturated carbocycles. The van der Waals surface area contributed by atoms with Crippen molar-refractivity contribution in [3.05, 3.63) is 68.8 Å². The molecular weight excluding hydrogens is 532 g/mol. The van der Waals surface area contributed by atoms with Crippen LogP contribution in [0.3, 0.4) is 0 Å². The molecule has 0 aliphatic heterocycles. The SMILES string of the molecule is C.C.CN[C@@H](Cc1c(C)cc(C#N)cc1C)C(C)=O.CN[C@@H](Cc1c(C)cc(C(N)=O)cc1C)C(=O)O.S.S. The highest BCUT2D eigenvalue weighted by Crippen LogP contribution is 2.19. The number of carbonyl (C=O) groups excluding carboxylic acids is 2. The fourth-order valence-corrected chi connectivity index (χ4v) is 4.01. The number of benzene rings is 2. The molecule has 10 heteroatoms. The Labute approximate surface area is 248 Å². The predicted molar refractivity (Wildman–Crippen MR) is 171 cm³/mol. The summed E-state index contributed by atoms with van der Waals surface area (Å²) in [6.07, 6.45) is 1.05. The number of likely N-dealkylation sites (N-methyl/N-ethyl adjacent to an activating group) is 2. The second-order valence-corrected chi connectivity index (χ2v) is 8.69. The molecule has 5 N–H and O–H groups in total. The lowest BCUT2D eigenvalue weighted by Gasteiger charge is -2.16. The minimum Gasteiger partial charge on any atom is -0.480 e. The number of nitrogens with one attached hydrogen (secondary N) is 2. The van der Waals surface area contributed by atoms with Crippen LogP contribution in [0.25, 0.3) is 0 Å². The second kappa shape index (κ2) is 20.1. The van der Waals surface area contributed by atoms with Crippen molar-refractivity contribution in [1.29, 1.82) is 5.26 Å². The highest BCUT2D eigenvalue weighted by molar-refractivity contribution is 7.59. The van der Waals surface area contributed by atoms with Gasteiger partial charge in [-0.3, -0.25) is 14.4 Å². The molecule has 0 saturated heterocycles. The molecule has 0 radical (unpaired) electrons. The number of Topliss-reactive ketones (excluding diaryl/α,β-unsaturated/α-hetero) is 1. The number of carboxylic acid groups (broad SMARTS) is 1. The Morgan fingerprint density at radius 1 is 0.846 bits per heavy atom. The summed E-state index contributed by atoms with van der Waals surface area (Å²) < 4.78 is 0. The van der Waals surface area contributed by atoms with Crippen LogP contribution in [-0.2, 0) is 22.4 Å². The molecule has 0 aliphatic carbocycles. The summed E-state index contributed by atoms with van der Waals surface area (Å²) in [6, 6.07) is 8.48. The molecular formula is C29H48N4O4S2. The molecule has 2 aromatic rings. The molecule has 8 nitrogen and oxygen atoms in total. The quantitative estimate of drug-likeness (QED) is 0.351. The molecule has 0 heterocycles. The van der Waals surface area contributed by atoms with Crippen LogP contribution in [-0.4, -0.2) is 48.9 Å². The highest BCUT2D eigenvalue weighted by atomic mass is 32.1. The van der Waals surface area contributed by atoms with E-state index in [1.807, 2.05) is 39.8 Å². The number of hydrogen-bond acceptors (Lipinski definition) is 6. The Bertz CT molecular complexity index is 1100. The monoisotopic (exact) mass is 580 g/mol. The molecule has 0 spiro atoms. The number of aryl methyl sites for hydroxylation is 4. The van der Waals surface area contributed by atoms with Crippen molar-refractivity contribution in [3.8, 4) is 6.07 Å². The lowest BCUT2D eigenvalue weighted by Crippen LogP contribution is -2.36. The number of nitrogens with zero attached hydrogens (tertiary/aromatic N) is 1. The average Bonchev–Trinajstić information content (AvgIpc) is 2.77. The molecule has 0 aliphatic rings. The summed E-state index contributed by atoms with van der Waals surface area (Å²) in [5.41, 5.74) is 12.3. The first kappa shape index (κ1) is 43.2. The Morgan fingerprint density at radius 3 is 1.49 bits per heavy atom. The topological polar surface area (TPSA) is 145 Å². The van der Waals surface area contributed by atoms with Gasteiger partial charge in [0.05, 0.1) is 17.7 Å². The fourth-order valence-electron chi connectivity index (χ4n) is 4.01. The van der Waals surface area contributed by atoms with Gasteiger partial charge in [0.2, 0.25) is 5.91 Å². The van der Waals surface area contributed by atoms with Gasteiger partial charge in [0.1, 0.15) is 11.8 Å². The van der Waals surface area contributed by atoms with E-state index in [9.17, 15) is 14.4 Å². The van der Waals surface area contributed by atoms with Crippen molar-refractivity contribution in [3.63, 3.8) is 0 Å². The van der Waals surface area contributed by atoms with Crippen LogP contribution in [0.15, 0.2) is 24.3 Å². The van der Waals surface area contributed by atoms with Crippen molar-refractivity contribution in [2.75, 3.05) is 14.1 Å². The Kier molecular flexibility index (Phi) is 22.3. The number of nitriles is 1. The van der Waals surface area contributed by atoms with E-state index in [2.05, 4.69) is 16.7 Å². The summed E-state index contributed by atoms with van der Waals surface area (Å²) in [6.45, 7) is 9.26. The molecule has 0 unspecified atom stereocenters. The first-order valence-electron chi connectivity index (χ1n) is 11.3. The van der Waals surface area contributed by atoms with Crippen LogP contribution in [0.2, 0.25) is 0 Å². The lowest BCUT2D eigenvalue weighted by molar-refractivity contribution is -0.139. The van der Waals surface area contributed by atoms with Crippen molar-refractivity contribution >= 4 is 44.7 Å². The number of nitrogens with two attached hydrogens (primary N) is 1. The molecule has 39 heavy (non-hydrogen) atoms. The van der Waals surface area contributed by atoms with Crippen LogP contribution >= 0.6 is 27.0 Å². The summed E-state index contributed by atoms with van der Waals surface area (Å²) in [7, 11) is 3.40. The molecule has 2 atom stereocenters. The van der Waals surface area contributed by atoms with Gasteiger partial charge in [0, 0.05) is 5.56 Å². The van der Waals surface area contributed by atoms with Gasteiger partial charge in [-0.25, -0.2) is 0 Å². The molecule has 1 amide bonds. The molecule has 220 valence electrons. The zero-order valence-corrected chi connectivity index (χ0v) is 24.6. The van der Waals surface area contributed by atoms with Gasteiger partial charge in [-0.15, -0.1) is 0 Å². The average molecular weight is 581 g/mol. The van der Waals surface area contributed by atoms with E-state index >= 15 is 0 Å². The van der Waals surface area contributed by atoms with Crippen molar-refractivity contribution in [1.82, 2.24) is 10.6 Å². The Balaban J connectivity index is -0.000000285. The fraction of sp³-hybridized carbons (Fsp3) is 0.448. The molecule has 0 bridgehead atoms. The number of carbonyl (C=O) groups is 3. The third-order valence-corrected chi connectivity index (χ3v) is 6.11. The second-order valence-electron chi connectivity index (χ2n) is 8.69. The largest absolute Gasteiger partial charge is 0.480 e. The van der Waals surface area contributed by atoms with Gasteiger partial charge in [-0.05, 0) is 119 Å².